The van der Waals surface area contributed by atoms with E-state index in [-0.39, 0.29) is 11.7 Å². The predicted molar refractivity (Wildman–Crippen MR) is 102 cm³/mol. The van der Waals surface area contributed by atoms with Gasteiger partial charge in [0, 0.05) is 9.37 Å². The van der Waals surface area contributed by atoms with Gasteiger partial charge in [-0.1, -0.05) is 58.4 Å². The second kappa shape index (κ2) is 8.18. The molecule has 0 bridgehead atoms. The fourth-order valence-electron chi connectivity index (χ4n) is 2.18. The highest BCUT2D eigenvalue weighted by Gasteiger charge is 2.06. The van der Waals surface area contributed by atoms with E-state index in [1.165, 1.54) is 11.8 Å². The number of carbonyl (C=O) groups is 1. The minimum absolute atomic E-state index is 0.254. The molecule has 24 heavy (non-hydrogen) atoms. The summed E-state index contributed by atoms with van der Waals surface area (Å²) < 4.78 is 6.40. The van der Waals surface area contributed by atoms with E-state index in [1.54, 1.807) is 0 Å². The zero-order valence-electron chi connectivity index (χ0n) is 12.8. The number of thioether (sulfide) groups is 1. The smallest absolute Gasteiger partial charge is 0.321 e. The van der Waals surface area contributed by atoms with Gasteiger partial charge in [0.2, 0.25) is 0 Å². The Labute approximate surface area is 154 Å². The van der Waals surface area contributed by atoms with Crippen molar-refractivity contribution in [1.29, 1.82) is 0 Å². The van der Waals surface area contributed by atoms with Crippen molar-refractivity contribution in [3.63, 3.8) is 0 Å². The van der Waals surface area contributed by atoms with Gasteiger partial charge >= 0.3 is 5.97 Å². The molecule has 0 unspecified atom stereocenters. The number of hydrogen-bond acceptors (Lipinski definition) is 3. The number of ether oxygens (including phenoxy) is 1. The summed E-state index contributed by atoms with van der Waals surface area (Å²) in [7, 11) is 0. The summed E-state index contributed by atoms with van der Waals surface area (Å²) in [5.41, 5.74) is 2.24. The fourth-order valence-corrected chi connectivity index (χ4v) is 3.12. The molecule has 0 aliphatic rings. The van der Waals surface area contributed by atoms with Gasteiger partial charge in [-0.15, -0.1) is 11.8 Å². The second-order valence-electron chi connectivity index (χ2n) is 5.11. The molecule has 0 N–H and O–H groups in total. The van der Waals surface area contributed by atoms with Gasteiger partial charge in [0.25, 0.3) is 0 Å². The third-order valence-corrected chi connectivity index (χ3v) is 4.88. The largest absolute Gasteiger partial charge is 0.426 e. The van der Waals surface area contributed by atoms with E-state index in [4.69, 9.17) is 4.74 Å². The molecule has 2 nitrogen and oxygen atoms in total. The van der Waals surface area contributed by atoms with Crippen LogP contribution in [-0.2, 0) is 4.79 Å². The number of hydrogen-bond donors (Lipinski definition) is 0. The van der Waals surface area contributed by atoms with E-state index in [0.29, 0.717) is 5.75 Å². The highest BCUT2D eigenvalue weighted by Crippen LogP contribution is 2.23. The van der Waals surface area contributed by atoms with Crippen LogP contribution in [-0.4, -0.2) is 11.7 Å². The van der Waals surface area contributed by atoms with Crippen molar-refractivity contribution in [3.05, 3.63) is 83.3 Å². The second-order valence-corrected chi connectivity index (χ2v) is 7.07. The van der Waals surface area contributed by atoms with Crippen molar-refractivity contribution in [2.45, 2.75) is 4.90 Å². The lowest BCUT2D eigenvalue weighted by Gasteiger charge is -2.06. The summed E-state index contributed by atoms with van der Waals surface area (Å²) in [6.07, 6.45) is 0. The van der Waals surface area contributed by atoms with Gasteiger partial charge in [0.15, 0.2) is 0 Å². The standard InChI is InChI=1S/C20H15BrO2S/c21-17-8-12-19(13-9-17)24-14-20(22)23-18-10-6-16(7-11-18)15-4-2-1-3-5-15/h1-13H,14H2. The molecule has 120 valence electrons. The average molecular weight is 399 g/mol. The van der Waals surface area contributed by atoms with Crippen molar-refractivity contribution < 1.29 is 9.53 Å². The summed E-state index contributed by atoms with van der Waals surface area (Å²) in [5, 5.41) is 0. The van der Waals surface area contributed by atoms with Crippen LogP contribution in [0.5, 0.6) is 5.75 Å². The van der Waals surface area contributed by atoms with Crippen LogP contribution in [0.2, 0.25) is 0 Å². The molecule has 0 aliphatic carbocycles. The lowest BCUT2D eigenvalue weighted by molar-refractivity contribution is -0.131. The molecular weight excluding hydrogens is 384 g/mol. The topological polar surface area (TPSA) is 26.3 Å². The third-order valence-electron chi connectivity index (χ3n) is 3.36. The Bertz CT molecular complexity index is 799. The molecule has 0 spiro atoms. The Hall–Kier alpha value is -2.04. The molecular formula is C20H15BrO2S. The maximum absolute atomic E-state index is 12.0. The van der Waals surface area contributed by atoms with Crippen LogP contribution in [0.25, 0.3) is 11.1 Å². The highest BCUT2D eigenvalue weighted by molar-refractivity contribution is 9.10. The van der Waals surface area contributed by atoms with E-state index in [2.05, 4.69) is 28.1 Å². The highest BCUT2D eigenvalue weighted by atomic mass is 79.9. The Kier molecular flexibility index (Phi) is 5.72. The van der Waals surface area contributed by atoms with Crippen LogP contribution in [0, 0.1) is 0 Å². The van der Waals surface area contributed by atoms with Gasteiger partial charge in [0.05, 0.1) is 5.75 Å². The number of rotatable bonds is 5. The van der Waals surface area contributed by atoms with Gasteiger partial charge < -0.3 is 4.74 Å². The zero-order chi connectivity index (χ0) is 16.8. The first-order chi connectivity index (χ1) is 11.7. The zero-order valence-corrected chi connectivity index (χ0v) is 15.2. The number of halogens is 1. The first-order valence-corrected chi connectivity index (χ1v) is 9.23. The molecule has 0 aromatic heterocycles. The predicted octanol–water partition coefficient (Wildman–Crippen LogP) is 5.81. The fraction of sp³-hybridized carbons (Fsp3) is 0.0500. The first kappa shape index (κ1) is 16.8. The summed E-state index contributed by atoms with van der Waals surface area (Å²) in [6.45, 7) is 0. The molecule has 0 saturated heterocycles. The normalized spacial score (nSPS) is 10.4. The van der Waals surface area contributed by atoms with E-state index in [0.717, 1.165) is 20.5 Å². The van der Waals surface area contributed by atoms with Crippen LogP contribution < -0.4 is 4.74 Å². The van der Waals surface area contributed by atoms with Crippen LogP contribution >= 0.6 is 27.7 Å². The Morgan fingerprint density at radius 3 is 2.12 bits per heavy atom. The van der Waals surface area contributed by atoms with Crippen molar-refractivity contribution in [3.8, 4) is 16.9 Å². The molecule has 0 radical (unpaired) electrons. The number of benzene rings is 3. The van der Waals surface area contributed by atoms with Gasteiger partial charge in [0.1, 0.15) is 5.75 Å². The Balaban J connectivity index is 1.55. The molecule has 0 heterocycles. The van der Waals surface area contributed by atoms with Gasteiger partial charge in [-0.25, -0.2) is 0 Å². The molecule has 0 atom stereocenters. The SMILES string of the molecule is O=C(CSc1ccc(Br)cc1)Oc1ccc(-c2ccccc2)cc1. The summed E-state index contributed by atoms with van der Waals surface area (Å²) in [6, 6.07) is 25.5. The molecule has 0 saturated carbocycles. The Morgan fingerprint density at radius 1 is 0.833 bits per heavy atom. The quantitative estimate of drug-likeness (QED) is 0.308. The van der Waals surface area contributed by atoms with Gasteiger partial charge in [-0.05, 0) is 47.5 Å². The number of carbonyl (C=O) groups excluding carboxylic acids is 1. The minimum atomic E-state index is -0.254. The maximum Gasteiger partial charge on any atom is 0.321 e. The monoisotopic (exact) mass is 398 g/mol. The lowest BCUT2D eigenvalue weighted by Crippen LogP contribution is -2.10. The van der Waals surface area contributed by atoms with Crippen molar-refractivity contribution in [2.24, 2.45) is 0 Å². The van der Waals surface area contributed by atoms with E-state index >= 15 is 0 Å². The van der Waals surface area contributed by atoms with E-state index in [9.17, 15) is 4.79 Å². The van der Waals surface area contributed by atoms with Crippen LogP contribution in [0.3, 0.4) is 0 Å². The molecule has 4 heteroatoms. The van der Waals surface area contributed by atoms with Gasteiger partial charge in [-0.2, -0.15) is 0 Å². The summed E-state index contributed by atoms with van der Waals surface area (Å²) >= 11 is 4.85. The van der Waals surface area contributed by atoms with Crippen LogP contribution in [0.1, 0.15) is 0 Å². The van der Waals surface area contributed by atoms with Crippen molar-refractivity contribution in [1.82, 2.24) is 0 Å². The van der Waals surface area contributed by atoms with E-state index in [1.807, 2.05) is 66.7 Å². The molecule has 3 aromatic rings. The Morgan fingerprint density at radius 2 is 1.46 bits per heavy atom. The summed E-state index contributed by atoms with van der Waals surface area (Å²) in [5.74, 6) is 0.591. The first-order valence-electron chi connectivity index (χ1n) is 7.45. The van der Waals surface area contributed by atoms with Gasteiger partial charge in [-0.3, -0.25) is 4.79 Å². The van der Waals surface area contributed by atoms with Crippen LogP contribution in [0.15, 0.2) is 88.2 Å². The maximum atomic E-state index is 12.0. The van der Waals surface area contributed by atoms with Crippen molar-refractivity contribution >= 4 is 33.7 Å². The minimum Gasteiger partial charge on any atom is -0.426 e. The van der Waals surface area contributed by atoms with E-state index < -0.39 is 0 Å². The molecule has 0 aliphatic heterocycles. The number of esters is 1. The van der Waals surface area contributed by atoms with Crippen molar-refractivity contribution in [2.75, 3.05) is 5.75 Å². The molecule has 0 amide bonds. The summed E-state index contributed by atoms with van der Waals surface area (Å²) in [4.78, 5) is 13.0. The molecule has 3 aromatic carbocycles. The average Bonchev–Trinajstić information content (AvgIpc) is 2.63. The lowest BCUT2D eigenvalue weighted by atomic mass is 10.1. The van der Waals surface area contributed by atoms with Crippen LogP contribution in [0.4, 0.5) is 0 Å². The third kappa shape index (κ3) is 4.73. The molecule has 3 rings (SSSR count). The molecule has 0 fully saturated rings.